The van der Waals surface area contributed by atoms with Crippen molar-refractivity contribution in [1.82, 2.24) is 5.32 Å². The summed E-state index contributed by atoms with van der Waals surface area (Å²) in [4.78, 5) is 23.7. The molecule has 1 saturated heterocycles. The lowest BCUT2D eigenvalue weighted by Crippen LogP contribution is -2.46. The van der Waals surface area contributed by atoms with Crippen molar-refractivity contribution in [2.75, 3.05) is 18.5 Å². The third-order valence-corrected chi connectivity index (χ3v) is 5.46. The maximum atomic E-state index is 12.3. The summed E-state index contributed by atoms with van der Waals surface area (Å²) in [6.07, 6.45) is 2.60. The first-order valence-corrected chi connectivity index (χ1v) is 10.5. The third-order valence-electron chi connectivity index (χ3n) is 5.46. The maximum absolute atomic E-state index is 12.3. The van der Waals surface area contributed by atoms with E-state index in [0.717, 1.165) is 28.1 Å². The number of morpholine rings is 1. The molecule has 0 radical (unpaired) electrons. The highest BCUT2D eigenvalue weighted by Crippen LogP contribution is 2.33. The molecule has 2 aliphatic heterocycles. The minimum absolute atomic E-state index is 0.00130. The van der Waals surface area contributed by atoms with Gasteiger partial charge in [0, 0.05) is 16.8 Å². The van der Waals surface area contributed by atoms with Gasteiger partial charge in [0.15, 0.2) is 0 Å². The molecule has 2 heterocycles. The molecule has 160 valence electrons. The van der Waals surface area contributed by atoms with Crippen LogP contribution in [0.15, 0.2) is 72.8 Å². The van der Waals surface area contributed by atoms with Gasteiger partial charge in [-0.2, -0.15) is 0 Å². The number of anilines is 1. The Morgan fingerprint density at radius 1 is 0.938 bits per heavy atom. The molecule has 0 aliphatic carbocycles. The van der Waals surface area contributed by atoms with Crippen LogP contribution < -0.4 is 15.4 Å². The molecule has 0 aromatic heterocycles. The smallest absolute Gasteiger partial charge is 0.256 e. The highest BCUT2D eigenvalue weighted by Gasteiger charge is 2.23. The topological polar surface area (TPSA) is 76.7 Å². The van der Waals surface area contributed by atoms with Crippen LogP contribution in [0.1, 0.15) is 16.7 Å². The second kappa shape index (κ2) is 8.69. The second-order valence-electron chi connectivity index (χ2n) is 7.86. The molecule has 6 nitrogen and oxygen atoms in total. The van der Waals surface area contributed by atoms with E-state index in [4.69, 9.17) is 9.47 Å². The Kier molecular flexibility index (Phi) is 5.44. The van der Waals surface area contributed by atoms with E-state index in [1.807, 2.05) is 78.9 Å². The monoisotopic (exact) mass is 426 g/mol. The SMILES string of the molecule is O=C1COCC(Cc2ccc(Oc3ccc(/C=C4/C(=O)Nc5ccccc54)cc3)cc2)N1. The van der Waals surface area contributed by atoms with Crippen molar-refractivity contribution in [2.24, 2.45) is 0 Å². The zero-order valence-corrected chi connectivity index (χ0v) is 17.3. The van der Waals surface area contributed by atoms with Crippen molar-refractivity contribution >= 4 is 29.2 Å². The van der Waals surface area contributed by atoms with E-state index in [1.165, 1.54) is 0 Å². The molecule has 1 atom stereocenters. The van der Waals surface area contributed by atoms with Gasteiger partial charge in [0.2, 0.25) is 5.91 Å². The van der Waals surface area contributed by atoms with Crippen LogP contribution in [-0.2, 0) is 20.7 Å². The van der Waals surface area contributed by atoms with Crippen LogP contribution in [0.4, 0.5) is 5.69 Å². The van der Waals surface area contributed by atoms with Crippen molar-refractivity contribution in [1.29, 1.82) is 0 Å². The quantitative estimate of drug-likeness (QED) is 0.604. The van der Waals surface area contributed by atoms with Crippen molar-refractivity contribution < 1.29 is 19.1 Å². The molecule has 2 aliphatic rings. The fourth-order valence-corrected chi connectivity index (χ4v) is 3.91. The molecule has 2 N–H and O–H groups in total. The highest BCUT2D eigenvalue weighted by molar-refractivity contribution is 6.34. The number of carbonyl (C=O) groups is 2. The van der Waals surface area contributed by atoms with Gasteiger partial charge < -0.3 is 20.1 Å². The van der Waals surface area contributed by atoms with E-state index in [-0.39, 0.29) is 24.5 Å². The summed E-state index contributed by atoms with van der Waals surface area (Å²) in [6.45, 7) is 0.666. The molecule has 1 unspecified atom stereocenters. The van der Waals surface area contributed by atoms with Gasteiger partial charge in [0.05, 0.1) is 12.6 Å². The molecule has 0 bridgehead atoms. The van der Waals surface area contributed by atoms with Crippen molar-refractivity contribution in [3.8, 4) is 11.5 Å². The first-order valence-electron chi connectivity index (χ1n) is 10.5. The fraction of sp³-hybridized carbons (Fsp3) is 0.154. The summed E-state index contributed by atoms with van der Waals surface area (Å²) in [6, 6.07) is 23.1. The van der Waals surface area contributed by atoms with Gasteiger partial charge in [0.1, 0.15) is 18.1 Å². The van der Waals surface area contributed by atoms with Crippen LogP contribution in [0.25, 0.3) is 11.6 Å². The molecular formula is C26H22N2O4. The van der Waals surface area contributed by atoms with Crippen LogP contribution >= 0.6 is 0 Å². The summed E-state index contributed by atoms with van der Waals surface area (Å²) in [7, 11) is 0. The van der Waals surface area contributed by atoms with E-state index >= 15 is 0 Å². The van der Waals surface area contributed by atoms with E-state index in [9.17, 15) is 9.59 Å². The van der Waals surface area contributed by atoms with E-state index < -0.39 is 0 Å². The predicted molar refractivity (Wildman–Crippen MR) is 122 cm³/mol. The van der Waals surface area contributed by atoms with Crippen molar-refractivity contribution in [2.45, 2.75) is 12.5 Å². The average molecular weight is 426 g/mol. The van der Waals surface area contributed by atoms with Crippen LogP contribution in [0.3, 0.4) is 0 Å². The molecule has 1 fully saturated rings. The Balaban J connectivity index is 1.23. The number of ether oxygens (including phenoxy) is 2. The number of nitrogens with one attached hydrogen (secondary N) is 2. The molecule has 2 amide bonds. The molecule has 5 rings (SSSR count). The average Bonchev–Trinajstić information content (AvgIpc) is 3.11. The van der Waals surface area contributed by atoms with Crippen molar-refractivity contribution in [3.63, 3.8) is 0 Å². The Labute approximate surface area is 185 Å². The zero-order chi connectivity index (χ0) is 21.9. The number of fused-ring (bicyclic) bond motifs is 1. The standard InChI is InChI=1S/C26H22N2O4/c29-25-16-31-15-19(27-25)13-17-5-9-20(10-6-17)32-21-11-7-18(8-12-21)14-23-22-3-1-2-4-24(22)28-26(23)30/h1-12,14,19H,13,15-16H2,(H,27,29)(H,28,30)/b23-14+. The lowest BCUT2D eigenvalue weighted by atomic mass is 10.0. The van der Waals surface area contributed by atoms with Gasteiger partial charge in [0.25, 0.3) is 5.91 Å². The molecule has 3 aromatic rings. The first kappa shape index (κ1) is 20.0. The highest BCUT2D eigenvalue weighted by atomic mass is 16.5. The maximum Gasteiger partial charge on any atom is 0.256 e. The third kappa shape index (κ3) is 4.40. The molecule has 32 heavy (non-hydrogen) atoms. The van der Waals surface area contributed by atoms with Gasteiger partial charge in [-0.25, -0.2) is 0 Å². The number of amides is 2. The van der Waals surface area contributed by atoms with Gasteiger partial charge in [-0.05, 0) is 54.0 Å². The lowest BCUT2D eigenvalue weighted by molar-refractivity contribution is -0.131. The largest absolute Gasteiger partial charge is 0.457 e. The van der Waals surface area contributed by atoms with E-state index in [0.29, 0.717) is 24.4 Å². The summed E-state index contributed by atoms with van der Waals surface area (Å²) in [5.41, 5.74) is 4.43. The lowest BCUT2D eigenvalue weighted by Gasteiger charge is -2.23. The number of hydrogen-bond donors (Lipinski definition) is 2. The molecule has 0 saturated carbocycles. The van der Waals surface area contributed by atoms with Crippen LogP contribution in [0.2, 0.25) is 0 Å². The van der Waals surface area contributed by atoms with Gasteiger partial charge in [-0.1, -0.05) is 42.5 Å². The molecule has 6 heteroatoms. The molecular weight excluding hydrogens is 404 g/mol. The van der Waals surface area contributed by atoms with Crippen LogP contribution in [0, 0.1) is 0 Å². The second-order valence-corrected chi connectivity index (χ2v) is 7.86. The molecule has 0 spiro atoms. The van der Waals surface area contributed by atoms with Gasteiger partial charge >= 0.3 is 0 Å². The van der Waals surface area contributed by atoms with Gasteiger partial charge in [-0.3, -0.25) is 9.59 Å². The van der Waals surface area contributed by atoms with Crippen LogP contribution in [0.5, 0.6) is 11.5 Å². The minimum Gasteiger partial charge on any atom is -0.457 e. The van der Waals surface area contributed by atoms with Gasteiger partial charge in [-0.15, -0.1) is 0 Å². The summed E-state index contributed by atoms with van der Waals surface area (Å²) in [5, 5.41) is 5.82. The van der Waals surface area contributed by atoms with E-state index in [2.05, 4.69) is 10.6 Å². The predicted octanol–water partition coefficient (Wildman–Crippen LogP) is 4.03. The minimum atomic E-state index is -0.0917. The number of rotatable bonds is 5. The molecule has 3 aromatic carbocycles. The van der Waals surface area contributed by atoms with Crippen molar-refractivity contribution in [3.05, 3.63) is 89.5 Å². The van der Waals surface area contributed by atoms with E-state index in [1.54, 1.807) is 0 Å². The zero-order valence-electron chi connectivity index (χ0n) is 17.3. The number of benzene rings is 3. The number of carbonyl (C=O) groups excluding carboxylic acids is 2. The Hall–Kier alpha value is -3.90. The summed E-state index contributed by atoms with van der Waals surface area (Å²) < 4.78 is 11.2. The first-order chi connectivity index (χ1) is 15.6. The Morgan fingerprint density at radius 2 is 1.66 bits per heavy atom. The fourth-order valence-electron chi connectivity index (χ4n) is 3.91. The Bertz CT molecular complexity index is 1180. The Morgan fingerprint density at radius 3 is 2.41 bits per heavy atom. The van der Waals surface area contributed by atoms with Crippen LogP contribution in [-0.4, -0.2) is 31.1 Å². The summed E-state index contributed by atoms with van der Waals surface area (Å²) in [5.74, 6) is 1.28. The number of hydrogen-bond acceptors (Lipinski definition) is 4. The summed E-state index contributed by atoms with van der Waals surface area (Å²) >= 11 is 0. The normalized spacial score (nSPS) is 18.8. The number of para-hydroxylation sites is 1.